The van der Waals surface area contributed by atoms with Gasteiger partial charge in [-0.1, -0.05) is 0 Å². The maximum absolute atomic E-state index is 8.69. The number of hydrogen-bond acceptors (Lipinski definition) is 7. The molecule has 0 aliphatic carbocycles. The number of unbranched alkanes of at least 4 members (excludes halogenated alkanes) is 1. The lowest BCUT2D eigenvalue weighted by molar-refractivity contribution is 0.0144. The first-order valence-corrected chi connectivity index (χ1v) is 8.93. The molecule has 0 saturated heterocycles. The van der Waals surface area contributed by atoms with Crippen LogP contribution < -0.4 is 0 Å². The van der Waals surface area contributed by atoms with Crippen molar-refractivity contribution in [2.24, 2.45) is 0 Å². The highest BCUT2D eigenvalue weighted by Gasteiger charge is 2.40. The highest BCUT2D eigenvalue weighted by atomic mass is 28.4. The van der Waals surface area contributed by atoms with E-state index < -0.39 is 8.80 Å². The van der Waals surface area contributed by atoms with Gasteiger partial charge in [0.1, 0.15) is 0 Å². The summed E-state index contributed by atoms with van der Waals surface area (Å²) in [4.78, 5) is 0. The fraction of sp³-hybridized carbons (Fsp3) is 0.923. The van der Waals surface area contributed by atoms with Gasteiger partial charge in [-0.25, -0.2) is 0 Å². The largest absolute Gasteiger partial charge is 0.501 e. The molecule has 0 aromatic heterocycles. The standard InChI is InChI=1S/C13H27NO6Si/c1-15-7-10-18-21(13-5-4-6-14,19-11-8-16-2)20-12-9-17-3/h4-5,7-13H2,1-3H3. The molecule has 0 amide bonds. The van der Waals surface area contributed by atoms with Crippen LogP contribution in [0.5, 0.6) is 0 Å². The summed E-state index contributed by atoms with van der Waals surface area (Å²) in [6.07, 6.45) is 1.12. The van der Waals surface area contributed by atoms with E-state index in [4.69, 9.17) is 32.8 Å². The van der Waals surface area contributed by atoms with Crippen LogP contribution in [0.3, 0.4) is 0 Å². The normalized spacial score (nSPS) is 11.5. The molecule has 0 aromatic rings. The molecular formula is C13H27NO6Si. The summed E-state index contributed by atoms with van der Waals surface area (Å²) in [5.41, 5.74) is 0. The summed E-state index contributed by atoms with van der Waals surface area (Å²) >= 11 is 0. The Morgan fingerprint density at radius 2 is 1.19 bits per heavy atom. The van der Waals surface area contributed by atoms with Gasteiger partial charge in [-0.05, 0) is 6.42 Å². The smallest absolute Gasteiger partial charge is 0.382 e. The Morgan fingerprint density at radius 1 is 0.762 bits per heavy atom. The number of nitriles is 1. The Bertz CT molecular complexity index is 247. The topological polar surface area (TPSA) is 79.2 Å². The summed E-state index contributed by atoms with van der Waals surface area (Å²) in [6.45, 7) is 2.59. The van der Waals surface area contributed by atoms with E-state index in [9.17, 15) is 0 Å². The Balaban J connectivity index is 4.57. The van der Waals surface area contributed by atoms with Gasteiger partial charge in [-0.3, -0.25) is 0 Å². The molecule has 7 nitrogen and oxygen atoms in total. The van der Waals surface area contributed by atoms with Gasteiger partial charge in [0, 0.05) is 33.8 Å². The lowest BCUT2D eigenvalue weighted by Gasteiger charge is -2.29. The minimum Gasteiger partial charge on any atom is -0.382 e. The first kappa shape index (κ1) is 20.5. The van der Waals surface area contributed by atoms with Crippen LogP contribution in [0.1, 0.15) is 12.8 Å². The molecule has 0 bridgehead atoms. The Morgan fingerprint density at radius 3 is 1.52 bits per heavy atom. The van der Waals surface area contributed by atoms with Crippen molar-refractivity contribution in [3.05, 3.63) is 0 Å². The molecule has 0 unspecified atom stereocenters. The van der Waals surface area contributed by atoms with Crippen LogP contribution in [0, 0.1) is 11.3 Å². The number of nitrogens with zero attached hydrogens (tertiary/aromatic N) is 1. The fourth-order valence-corrected chi connectivity index (χ4v) is 4.04. The van der Waals surface area contributed by atoms with Gasteiger partial charge in [-0.15, -0.1) is 0 Å². The van der Waals surface area contributed by atoms with Crippen LogP contribution in [-0.4, -0.2) is 69.8 Å². The Kier molecular flexibility index (Phi) is 14.0. The van der Waals surface area contributed by atoms with Crippen molar-refractivity contribution in [2.75, 3.05) is 61.0 Å². The summed E-state index contributed by atoms with van der Waals surface area (Å²) in [5, 5.41) is 8.69. The number of ether oxygens (including phenoxy) is 3. The summed E-state index contributed by atoms with van der Waals surface area (Å²) in [6, 6.07) is 2.72. The van der Waals surface area contributed by atoms with Gasteiger partial charge in [-0.2, -0.15) is 5.26 Å². The van der Waals surface area contributed by atoms with E-state index in [1.807, 2.05) is 0 Å². The maximum Gasteiger partial charge on any atom is 0.501 e. The molecule has 0 aliphatic rings. The van der Waals surface area contributed by atoms with Gasteiger partial charge < -0.3 is 27.5 Å². The lowest BCUT2D eigenvalue weighted by atomic mass is 10.4. The highest BCUT2D eigenvalue weighted by Crippen LogP contribution is 2.19. The molecule has 0 saturated carbocycles. The average molecular weight is 321 g/mol. The predicted molar refractivity (Wildman–Crippen MR) is 78.9 cm³/mol. The van der Waals surface area contributed by atoms with Crippen molar-refractivity contribution in [1.29, 1.82) is 5.26 Å². The fourth-order valence-electron chi connectivity index (χ4n) is 1.57. The SMILES string of the molecule is COCCO[Si](CCCC#N)(OCCOC)OCCOC. The number of methoxy groups -OCH3 is 3. The molecular weight excluding hydrogens is 294 g/mol. The van der Waals surface area contributed by atoms with Crippen molar-refractivity contribution < 1.29 is 27.5 Å². The van der Waals surface area contributed by atoms with Gasteiger partial charge in [0.15, 0.2) is 0 Å². The van der Waals surface area contributed by atoms with Crippen LogP contribution in [0.2, 0.25) is 6.04 Å². The van der Waals surface area contributed by atoms with Crippen molar-refractivity contribution in [1.82, 2.24) is 0 Å². The number of rotatable bonds is 15. The van der Waals surface area contributed by atoms with E-state index >= 15 is 0 Å². The molecule has 0 N–H and O–H groups in total. The Labute approximate surface area is 128 Å². The second-order valence-electron chi connectivity index (χ2n) is 4.22. The van der Waals surface area contributed by atoms with Crippen molar-refractivity contribution in [3.8, 4) is 6.07 Å². The zero-order chi connectivity index (χ0) is 15.8. The average Bonchev–Trinajstić information content (AvgIpc) is 2.48. The zero-order valence-corrected chi connectivity index (χ0v) is 14.3. The van der Waals surface area contributed by atoms with Gasteiger partial charge in [0.05, 0.1) is 45.7 Å². The molecule has 21 heavy (non-hydrogen) atoms. The summed E-state index contributed by atoms with van der Waals surface area (Å²) < 4.78 is 32.6. The van der Waals surface area contributed by atoms with Crippen molar-refractivity contribution in [2.45, 2.75) is 18.9 Å². The third kappa shape index (κ3) is 10.8. The highest BCUT2D eigenvalue weighted by molar-refractivity contribution is 6.60. The molecule has 0 radical (unpaired) electrons. The second-order valence-corrected chi connectivity index (χ2v) is 6.95. The molecule has 0 fully saturated rings. The van der Waals surface area contributed by atoms with Gasteiger partial charge in [0.25, 0.3) is 0 Å². The predicted octanol–water partition coefficient (Wildman–Crippen LogP) is 1.22. The quantitative estimate of drug-likeness (QED) is 0.331. The molecule has 0 aliphatic heterocycles. The monoisotopic (exact) mass is 321 g/mol. The summed E-state index contributed by atoms with van der Waals surface area (Å²) in [7, 11) is 2.00. The molecule has 8 heteroatoms. The van der Waals surface area contributed by atoms with E-state index in [0.717, 1.165) is 0 Å². The molecule has 0 atom stereocenters. The van der Waals surface area contributed by atoms with Crippen molar-refractivity contribution in [3.63, 3.8) is 0 Å². The summed E-state index contributed by atoms with van der Waals surface area (Å²) in [5.74, 6) is 0. The third-order valence-corrected chi connectivity index (χ3v) is 5.50. The van der Waals surface area contributed by atoms with E-state index in [0.29, 0.717) is 58.5 Å². The maximum atomic E-state index is 8.69. The van der Waals surface area contributed by atoms with Gasteiger partial charge >= 0.3 is 8.80 Å². The van der Waals surface area contributed by atoms with E-state index in [2.05, 4.69) is 6.07 Å². The van der Waals surface area contributed by atoms with Crippen LogP contribution in [0.25, 0.3) is 0 Å². The molecule has 124 valence electrons. The minimum absolute atomic E-state index is 0.398. The van der Waals surface area contributed by atoms with Crippen LogP contribution in [0.4, 0.5) is 0 Å². The van der Waals surface area contributed by atoms with E-state index in [-0.39, 0.29) is 0 Å². The van der Waals surface area contributed by atoms with Gasteiger partial charge in [0.2, 0.25) is 0 Å². The van der Waals surface area contributed by atoms with Crippen LogP contribution >= 0.6 is 0 Å². The van der Waals surface area contributed by atoms with E-state index in [1.54, 1.807) is 21.3 Å². The molecule has 0 aromatic carbocycles. The second kappa shape index (κ2) is 14.4. The van der Waals surface area contributed by atoms with E-state index in [1.165, 1.54) is 0 Å². The Hall–Kier alpha value is -0.533. The molecule has 0 heterocycles. The first-order chi connectivity index (χ1) is 10.2. The molecule has 0 spiro atoms. The van der Waals surface area contributed by atoms with Crippen LogP contribution in [-0.2, 0) is 27.5 Å². The third-order valence-electron chi connectivity index (χ3n) is 2.60. The molecule has 0 rings (SSSR count). The van der Waals surface area contributed by atoms with Crippen molar-refractivity contribution >= 4 is 8.80 Å². The first-order valence-electron chi connectivity index (χ1n) is 7.00. The number of hydrogen-bond donors (Lipinski definition) is 0. The zero-order valence-electron chi connectivity index (χ0n) is 13.3. The van der Waals surface area contributed by atoms with Crippen LogP contribution in [0.15, 0.2) is 0 Å². The minimum atomic E-state index is -2.84. The lowest BCUT2D eigenvalue weighted by Crippen LogP contribution is -2.47.